The predicted molar refractivity (Wildman–Crippen MR) is 124 cm³/mol. The van der Waals surface area contributed by atoms with Crippen molar-refractivity contribution in [1.29, 1.82) is 0 Å². The number of halogens is 1. The predicted octanol–water partition coefficient (Wildman–Crippen LogP) is 2.66. The second-order valence-electron chi connectivity index (χ2n) is 5.88. The molecule has 2 rings (SSSR count). The smallest absolute Gasteiger partial charge is 0.229 e. The van der Waals surface area contributed by atoms with E-state index in [2.05, 4.69) is 32.3 Å². The minimum absolute atomic E-state index is 0. The summed E-state index contributed by atoms with van der Waals surface area (Å²) in [7, 11) is -1.62. The Labute approximate surface area is 182 Å². The summed E-state index contributed by atoms with van der Waals surface area (Å²) in [5.41, 5.74) is 2.49. The second-order valence-corrected chi connectivity index (χ2v) is 8.92. The van der Waals surface area contributed by atoms with Gasteiger partial charge in [0.05, 0.1) is 22.6 Å². The first-order valence-electron chi connectivity index (χ1n) is 8.21. The minimum Gasteiger partial charge on any atom is -0.356 e. The Balaban J connectivity index is 0.00000364. The number of nitrogens with zero attached hydrogens (tertiary/aromatic N) is 2. The largest absolute Gasteiger partial charge is 0.356 e. The lowest BCUT2D eigenvalue weighted by Gasteiger charge is -2.14. The number of aryl methyl sites for hydroxylation is 2. The van der Waals surface area contributed by atoms with Gasteiger partial charge in [-0.1, -0.05) is 18.2 Å². The molecule has 0 aliphatic heterocycles. The number of aromatic nitrogens is 1. The Bertz CT molecular complexity index is 862. The van der Waals surface area contributed by atoms with Crippen LogP contribution in [0.4, 0.5) is 5.69 Å². The van der Waals surface area contributed by atoms with E-state index >= 15 is 0 Å². The van der Waals surface area contributed by atoms with Crippen LogP contribution in [0.5, 0.6) is 0 Å². The molecule has 150 valence electrons. The number of benzene rings is 1. The molecule has 0 unspecified atom stereocenters. The zero-order chi connectivity index (χ0) is 19.2. The van der Waals surface area contributed by atoms with Gasteiger partial charge < -0.3 is 10.6 Å². The van der Waals surface area contributed by atoms with E-state index in [1.165, 1.54) is 4.88 Å². The summed E-state index contributed by atoms with van der Waals surface area (Å²) in [6.45, 7) is 5.26. The van der Waals surface area contributed by atoms with E-state index in [4.69, 9.17) is 0 Å². The molecule has 0 bridgehead atoms. The first kappa shape index (κ1) is 23.6. The van der Waals surface area contributed by atoms with Gasteiger partial charge in [0.25, 0.3) is 0 Å². The van der Waals surface area contributed by atoms with Crippen LogP contribution in [0, 0.1) is 13.8 Å². The van der Waals surface area contributed by atoms with Crippen molar-refractivity contribution in [3.05, 3.63) is 45.4 Å². The summed E-state index contributed by atoms with van der Waals surface area (Å²) in [5, 5.41) is 7.56. The van der Waals surface area contributed by atoms with Gasteiger partial charge in [-0.3, -0.25) is 9.71 Å². The molecule has 3 N–H and O–H groups in total. The van der Waals surface area contributed by atoms with E-state index in [0.29, 0.717) is 18.2 Å². The summed E-state index contributed by atoms with van der Waals surface area (Å²) >= 11 is 1.71. The van der Waals surface area contributed by atoms with Gasteiger partial charge in [0.2, 0.25) is 10.0 Å². The molecule has 0 radical (unpaired) electrons. The molecule has 0 aliphatic rings. The van der Waals surface area contributed by atoms with Gasteiger partial charge >= 0.3 is 0 Å². The monoisotopic (exact) mass is 523 g/mol. The first-order chi connectivity index (χ1) is 12.3. The summed E-state index contributed by atoms with van der Waals surface area (Å²) in [6.07, 6.45) is 1.96. The van der Waals surface area contributed by atoms with Crippen LogP contribution in [0.15, 0.2) is 29.3 Å². The van der Waals surface area contributed by atoms with E-state index in [9.17, 15) is 8.42 Å². The van der Waals surface area contributed by atoms with Crippen molar-refractivity contribution >= 4 is 57.0 Å². The molecule has 0 atom stereocenters. The number of para-hydroxylation sites is 1. The van der Waals surface area contributed by atoms with Crippen molar-refractivity contribution in [3.8, 4) is 0 Å². The van der Waals surface area contributed by atoms with Gasteiger partial charge in [0, 0.05) is 31.4 Å². The molecule has 10 heteroatoms. The van der Waals surface area contributed by atoms with Gasteiger partial charge in [0.15, 0.2) is 5.96 Å². The van der Waals surface area contributed by atoms with Gasteiger partial charge in [-0.15, -0.1) is 35.3 Å². The number of anilines is 1. The summed E-state index contributed by atoms with van der Waals surface area (Å²) < 4.78 is 25.5. The highest BCUT2D eigenvalue weighted by molar-refractivity contribution is 14.0. The number of thiazole rings is 1. The lowest BCUT2D eigenvalue weighted by Crippen LogP contribution is -2.38. The highest BCUT2D eigenvalue weighted by Crippen LogP contribution is 2.17. The maximum Gasteiger partial charge on any atom is 0.229 e. The third kappa shape index (κ3) is 8.01. The SMILES string of the molecule is CN=C(NCCc1nc(C)c(C)s1)NCc1ccccc1NS(C)(=O)=O.I. The Morgan fingerprint density at radius 3 is 2.52 bits per heavy atom. The average Bonchev–Trinajstić information content (AvgIpc) is 2.88. The van der Waals surface area contributed by atoms with Crippen molar-refractivity contribution in [2.75, 3.05) is 24.6 Å². The molecular formula is C17H26IN5O2S2. The number of hydrogen-bond donors (Lipinski definition) is 3. The quantitative estimate of drug-likeness (QED) is 0.295. The summed E-state index contributed by atoms with van der Waals surface area (Å²) in [4.78, 5) is 9.97. The molecule has 0 saturated carbocycles. The lowest BCUT2D eigenvalue weighted by atomic mass is 10.2. The summed E-state index contributed by atoms with van der Waals surface area (Å²) in [6, 6.07) is 7.27. The van der Waals surface area contributed by atoms with Gasteiger partial charge in [-0.2, -0.15) is 0 Å². The summed E-state index contributed by atoms with van der Waals surface area (Å²) in [5.74, 6) is 0.657. The van der Waals surface area contributed by atoms with E-state index < -0.39 is 10.0 Å². The molecule has 0 saturated heterocycles. The van der Waals surface area contributed by atoms with Crippen LogP contribution in [0.3, 0.4) is 0 Å². The third-order valence-electron chi connectivity index (χ3n) is 3.69. The third-order valence-corrected chi connectivity index (χ3v) is 5.41. The van der Waals surface area contributed by atoms with Crippen LogP contribution in [0.1, 0.15) is 21.1 Å². The second kappa shape index (κ2) is 10.8. The zero-order valence-corrected chi connectivity index (χ0v) is 19.8. The Hall–Kier alpha value is -1.40. The highest BCUT2D eigenvalue weighted by Gasteiger charge is 2.08. The van der Waals surface area contributed by atoms with Crippen LogP contribution in [0.2, 0.25) is 0 Å². The topological polar surface area (TPSA) is 95.5 Å². The molecular weight excluding hydrogens is 497 g/mol. The average molecular weight is 523 g/mol. The van der Waals surface area contributed by atoms with Crippen LogP contribution in [-0.2, 0) is 23.0 Å². The first-order valence-corrected chi connectivity index (χ1v) is 10.9. The van der Waals surface area contributed by atoms with E-state index in [1.54, 1.807) is 30.5 Å². The molecule has 7 nitrogen and oxygen atoms in total. The lowest BCUT2D eigenvalue weighted by molar-refractivity contribution is 0.606. The Morgan fingerprint density at radius 2 is 1.93 bits per heavy atom. The molecule has 0 aliphatic carbocycles. The van der Waals surface area contributed by atoms with Gasteiger partial charge in [-0.05, 0) is 25.5 Å². The number of guanidine groups is 1. The van der Waals surface area contributed by atoms with E-state index in [0.717, 1.165) is 35.5 Å². The van der Waals surface area contributed by atoms with Crippen LogP contribution >= 0.6 is 35.3 Å². The van der Waals surface area contributed by atoms with Crippen molar-refractivity contribution in [1.82, 2.24) is 15.6 Å². The maximum absolute atomic E-state index is 11.5. The number of sulfonamides is 1. The Morgan fingerprint density at radius 1 is 1.22 bits per heavy atom. The fourth-order valence-corrected chi connectivity index (χ4v) is 3.84. The van der Waals surface area contributed by atoms with Crippen molar-refractivity contribution in [2.45, 2.75) is 26.8 Å². The molecule has 1 aromatic heterocycles. The minimum atomic E-state index is -3.32. The number of rotatable bonds is 7. The molecule has 0 amide bonds. The standard InChI is InChI=1S/C17H25N5O2S2.HI/c1-12-13(2)25-16(21-12)9-10-19-17(18-3)20-11-14-7-5-6-8-15(14)22-26(4,23)24;/h5-8,22H,9-11H2,1-4H3,(H2,18,19,20);1H. The molecule has 1 aromatic carbocycles. The Kier molecular flexibility index (Phi) is 9.47. The number of hydrogen-bond acceptors (Lipinski definition) is 5. The van der Waals surface area contributed by atoms with E-state index in [-0.39, 0.29) is 24.0 Å². The molecule has 2 aromatic rings. The number of nitrogens with one attached hydrogen (secondary N) is 3. The molecule has 0 spiro atoms. The molecule has 0 fully saturated rings. The molecule has 1 heterocycles. The van der Waals surface area contributed by atoms with Gasteiger partial charge in [-0.25, -0.2) is 13.4 Å². The van der Waals surface area contributed by atoms with Crippen molar-refractivity contribution < 1.29 is 8.42 Å². The zero-order valence-electron chi connectivity index (χ0n) is 15.9. The maximum atomic E-state index is 11.5. The molecule has 27 heavy (non-hydrogen) atoms. The van der Waals surface area contributed by atoms with E-state index in [1.807, 2.05) is 19.1 Å². The fourth-order valence-electron chi connectivity index (χ4n) is 2.31. The van der Waals surface area contributed by atoms with Crippen molar-refractivity contribution in [3.63, 3.8) is 0 Å². The van der Waals surface area contributed by atoms with Crippen molar-refractivity contribution in [2.24, 2.45) is 4.99 Å². The van der Waals surface area contributed by atoms with Crippen LogP contribution in [-0.4, -0.2) is 39.2 Å². The highest BCUT2D eigenvalue weighted by atomic mass is 127. The van der Waals surface area contributed by atoms with Crippen LogP contribution < -0.4 is 15.4 Å². The normalized spacial score (nSPS) is 11.6. The van der Waals surface area contributed by atoms with Gasteiger partial charge in [0.1, 0.15) is 0 Å². The van der Waals surface area contributed by atoms with Crippen LogP contribution in [0.25, 0.3) is 0 Å². The fraction of sp³-hybridized carbons (Fsp3) is 0.412. The number of aliphatic imine (C=N–C) groups is 1.